The highest BCUT2D eigenvalue weighted by Crippen LogP contribution is 2.18. The van der Waals surface area contributed by atoms with E-state index in [2.05, 4.69) is 22.5 Å². The van der Waals surface area contributed by atoms with Crippen molar-refractivity contribution in [1.29, 1.82) is 0 Å². The smallest absolute Gasteiger partial charge is 0.0820 e. The molecule has 4 heteroatoms. The van der Waals surface area contributed by atoms with Crippen molar-refractivity contribution in [2.75, 3.05) is 25.0 Å². The second-order valence-corrected chi connectivity index (χ2v) is 3.04. The second kappa shape index (κ2) is 5.78. The number of nitrogens with one attached hydrogen (secondary N) is 2. The van der Waals surface area contributed by atoms with Gasteiger partial charge in [-0.05, 0) is 12.6 Å². The average Bonchev–Trinajstić information content (AvgIpc) is 2.15. The first kappa shape index (κ1) is 10.3. The number of rotatable bonds is 5. The quantitative estimate of drug-likeness (QED) is 0.710. The van der Waals surface area contributed by atoms with Crippen LogP contribution in [0, 0.1) is 0 Å². The van der Waals surface area contributed by atoms with Crippen molar-refractivity contribution < 1.29 is 0 Å². The van der Waals surface area contributed by atoms with Gasteiger partial charge in [0.1, 0.15) is 0 Å². The highest BCUT2D eigenvalue weighted by molar-refractivity contribution is 6.33. The van der Waals surface area contributed by atoms with E-state index in [4.69, 9.17) is 11.6 Å². The molecule has 0 aliphatic rings. The summed E-state index contributed by atoms with van der Waals surface area (Å²) in [7, 11) is 0. The summed E-state index contributed by atoms with van der Waals surface area (Å²) >= 11 is 5.89. The van der Waals surface area contributed by atoms with Gasteiger partial charge in [-0.15, -0.1) is 0 Å². The highest BCUT2D eigenvalue weighted by Gasteiger charge is 1.96. The molecular weight excluding hydrogens is 186 g/mol. The van der Waals surface area contributed by atoms with Crippen molar-refractivity contribution in [3.63, 3.8) is 0 Å². The zero-order valence-electron chi connectivity index (χ0n) is 7.68. The van der Waals surface area contributed by atoms with Gasteiger partial charge in [-0.1, -0.05) is 18.5 Å². The van der Waals surface area contributed by atoms with E-state index in [-0.39, 0.29) is 0 Å². The van der Waals surface area contributed by atoms with Crippen LogP contribution in [0.15, 0.2) is 18.5 Å². The van der Waals surface area contributed by atoms with Gasteiger partial charge in [-0.3, -0.25) is 4.98 Å². The molecule has 0 bridgehead atoms. The number of halogens is 1. The molecule has 0 atom stereocenters. The van der Waals surface area contributed by atoms with Crippen LogP contribution >= 0.6 is 11.6 Å². The third kappa shape index (κ3) is 3.61. The minimum atomic E-state index is 0.666. The Labute approximate surface area is 83.5 Å². The number of nitrogens with zero attached hydrogens (tertiary/aromatic N) is 1. The van der Waals surface area contributed by atoms with Crippen LogP contribution in [0.25, 0.3) is 0 Å². The van der Waals surface area contributed by atoms with Gasteiger partial charge in [0.15, 0.2) is 0 Å². The molecule has 0 saturated heterocycles. The predicted molar refractivity (Wildman–Crippen MR) is 56.3 cm³/mol. The maximum atomic E-state index is 5.89. The standard InChI is InChI=1S/C9H14ClN3/c1-2-11-5-6-13-9-3-4-12-7-8(9)10/h3-4,7,11H,2,5-6H2,1H3,(H,12,13). The summed E-state index contributed by atoms with van der Waals surface area (Å²) in [5.41, 5.74) is 0.939. The van der Waals surface area contributed by atoms with Gasteiger partial charge in [-0.2, -0.15) is 0 Å². The zero-order chi connectivity index (χ0) is 9.52. The summed E-state index contributed by atoms with van der Waals surface area (Å²) in [6, 6.07) is 1.87. The number of aromatic nitrogens is 1. The molecule has 1 rings (SSSR count). The molecule has 0 spiro atoms. The van der Waals surface area contributed by atoms with Gasteiger partial charge in [-0.25, -0.2) is 0 Å². The van der Waals surface area contributed by atoms with Gasteiger partial charge in [0.2, 0.25) is 0 Å². The predicted octanol–water partition coefficient (Wildman–Crippen LogP) is 1.76. The van der Waals surface area contributed by atoms with Crippen molar-refractivity contribution >= 4 is 17.3 Å². The fourth-order valence-corrected chi connectivity index (χ4v) is 1.17. The van der Waals surface area contributed by atoms with E-state index >= 15 is 0 Å². The van der Waals surface area contributed by atoms with E-state index in [1.165, 1.54) is 0 Å². The summed E-state index contributed by atoms with van der Waals surface area (Å²) in [4.78, 5) is 3.90. The Bertz CT molecular complexity index is 252. The first-order chi connectivity index (χ1) is 6.34. The van der Waals surface area contributed by atoms with Gasteiger partial charge < -0.3 is 10.6 Å². The number of likely N-dealkylation sites (N-methyl/N-ethyl adjacent to an activating group) is 1. The van der Waals surface area contributed by atoms with Gasteiger partial charge in [0, 0.05) is 25.5 Å². The lowest BCUT2D eigenvalue weighted by molar-refractivity contribution is 0.739. The Hall–Kier alpha value is -0.800. The van der Waals surface area contributed by atoms with Crippen molar-refractivity contribution in [3.05, 3.63) is 23.5 Å². The molecule has 0 amide bonds. The Morgan fingerprint density at radius 3 is 3.00 bits per heavy atom. The van der Waals surface area contributed by atoms with Gasteiger partial charge >= 0.3 is 0 Å². The molecule has 1 aromatic rings. The Morgan fingerprint density at radius 2 is 2.31 bits per heavy atom. The van der Waals surface area contributed by atoms with E-state index in [0.717, 1.165) is 25.3 Å². The molecule has 0 saturated carbocycles. The molecule has 13 heavy (non-hydrogen) atoms. The van der Waals surface area contributed by atoms with Crippen LogP contribution in [-0.2, 0) is 0 Å². The van der Waals surface area contributed by atoms with Crippen molar-refractivity contribution in [1.82, 2.24) is 10.3 Å². The molecule has 1 heterocycles. The van der Waals surface area contributed by atoms with E-state index in [1.807, 2.05) is 6.07 Å². The molecule has 0 aromatic carbocycles. The van der Waals surface area contributed by atoms with Crippen LogP contribution in [0.3, 0.4) is 0 Å². The molecule has 0 fully saturated rings. The number of anilines is 1. The van der Waals surface area contributed by atoms with Crippen LogP contribution in [-0.4, -0.2) is 24.6 Å². The van der Waals surface area contributed by atoms with E-state index in [1.54, 1.807) is 12.4 Å². The van der Waals surface area contributed by atoms with Crippen molar-refractivity contribution in [2.45, 2.75) is 6.92 Å². The van der Waals surface area contributed by atoms with E-state index in [0.29, 0.717) is 5.02 Å². The fraction of sp³-hybridized carbons (Fsp3) is 0.444. The highest BCUT2D eigenvalue weighted by atomic mass is 35.5. The SMILES string of the molecule is CCNCCNc1ccncc1Cl. The summed E-state index contributed by atoms with van der Waals surface area (Å²) in [5, 5.41) is 7.10. The van der Waals surface area contributed by atoms with E-state index < -0.39 is 0 Å². The van der Waals surface area contributed by atoms with Gasteiger partial charge in [0.25, 0.3) is 0 Å². The monoisotopic (exact) mass is 199 g/mol. The normalized spacial score (nSPS) is 10.0. The van der Waals surface area contributed by atoms with Gasteiger partial charge in [0.05, 0.1) is 10.7 Å². The lowest BCUT2D eigenvalue weighted by Crippen LogP contribution is -2.21. The van der Waals surface area contributed by atoms with Crippen LogP contribution < -0.4 is 10.6 Å². The minimum Gasteiger partial charge on any atom is -0.382 e. The van der Waals surface area contributed by atoms with Crippen LogP contribution in [0.1, 0.15) is 6.92 Å². The lowest BCUT2D eigenvalue weighted by atomic mass is 10.4. The number of hydrogen-bond donors (Lipinski definition) is 2. The zero-order valence-corrected chi connectivity index (χ0v) is 8.43. The largest absolute Gasteiger partial charge is 0.382 e. The molecule has 0 unspecified atom stereocenters. The fourth-order valence-electron chi connectivity index (χ4n) is 0.981. The Morgan fingerprint density at radius 1 is 1.46 bits per heavy atom. The topological polar surface area (TPSA) is 37.0 Å². The van der Waals surface area contributed by atoms with Crippen LogP contribution in [0.2, 0.25) is 5.02 Å². The first-order valence-corrected chi connectivity index (χ1v) is 4.76. The molecule has 2 N–H and O–H groups in total. The van der Waals surface area contributed by atoms with Crippen molar-refractivity contribution in [3.8, 4) is 0 Å². The number of pyridine rings is 1. The third-order valence-corrected chi connectivity index (χ3v) is 1.94. The van der Waals surface area contributed by atoms with Crippen LogP contribution in [0.4, 0.5) is 5.69 Å². The number of hydrogen-bond acceptors (Lipinski definition) is 3. The minimum absolute atomic E-state index is 0.666. The summed E-state index contributed by atoms with van der Waals surface area (Å²) in [5.74, 6) is 0. The second-order valence-electron chi connectivity index (χ2n) is 2.64. The Balaban J connectivity index is 2.32. The summed E-state index contributed by atoms with van der Waals surface area (Å²) in [6.45, 7) is 4.89. The molecule has 0 aliphatic heterocycles. The maximum absolute atomic E-state index is 5.89. The molecule has 0 radical (unpaired) electrons. The molecule has 72 valence electrons. The maximum Gasteiger partial charge on any atom is 0.0820 e. The van der Waals surface area contributed by atoms with E-state index in [9.17, 15) is 0 Å². The molecule has 0 aliphatic carbocycles. The molecule has 3 nitrogen and oxygen atoms in total. The summed E-state index contributed by atoms with van der Waals surface area (Å²) in [6.07, 6.45) is 3.36. The van der Waals surface area contributed by atoms with Crippen molar-refractivity contribution in [2.24, 2.45) is 0 Å². The molecular formula is C9H14ClN3. The third-order valence-electron chi connectivity index (χ3n) is 1.64. The molecule has 1 aromatic heterocycles. The first-order valence-electron chi connectivity index (χ1n) is 4.38. The lowest BCUT2D eigenvalue weighted by Gasteiger charge is -2.07. The summed E-state index contributed by atoms with van der Waals surface area (Å²) < 4.78 is 0. The average molecular weight is 200 g/mol. The van der Waals surface area contributed by atoms with Crippen LogP contribution in [0.5, 0.6) is 0 Å². The Kier molecular flexibility index (Phi) is 4.57.